The summed E-state index contributed by atoms with van der Waals surface area (Å²) in [6.07, 6.45) is 7.32. The lowest BCUT2D eigenvalue weighted by atomic mass is 9.89. The molecule has 0 aliphatic carbocycles. The third-order valence-corrected chi connectivity index (χ3v) is 3.83. The molecule has 0 bridgehead atoms. The Kier molecular flexibility index (Phi) is 3.44. The lowest BCUT2D eigenvalue weighted by molar-refractivity contribution is -0.0732. The number of amides is 1. The van der Waals surface area contributed by atoms with Crippen molar-refractivity contribution in [3.63, 3.8) is 0 Å². The topological polar surface area (TPSA) is 76.1 Å². The minimum atomic E-state index is -0.152. The van der Waals surface area contributed by atoms with Gasteiger partial charge in [-0.2, -0.15) is 0 Å². The Morgan fingerprint density at radius 1 is 1.53 bits per heavy atom. The van der Waals surface area contributed by atoms with Gasteiger partial charge in [0.2, 0.25) is 0 Å². The van der Waals surface area contributed by atoms with Crippen LogP contribution < -0.4 is 10.6 Å². The van der Waals surface area contributed by atoms with E-state index >= 15 is 0 Å². The third kappa shape index (κ3) is 2.74. The van der Waals surface area contributed by atoms with Crippen molar-refractivity contribution in [1.82, 2.24) is 20.6 Å². The van der Waals surface area contributed by atoms with Crippen LogP contribution in [0.3, 0.4) is 0 Å². The zero-order chi connectivity index (χ0) is 13.1. The summed E-state index contributed by atoms with van der Waals surface area (Å²) in [5.74, 6) is -0.152. The van der Waals surface area contributed by atoms with Gasteiger partial charge >= 0.3 is 0 Å². The minimum Gasteiger partial charge on any atom is -0.373 e. The second kappa shape index (κ2) is 5.22. The second-order valence-corrected chi connectivity index (χ2v) is 5.21. The van der Waals surface area contributed by atoms with E-state index in [1.165, 1.54) is 12.4 Å². The van der Waals surface area contributed by atoms with Crippen molar-refractivity contribution in [1.29, 1.82) is 0 Å². The average molecular weight is 262 g/mol. The van der Waals surface area contributed by atoms with Gasteiger partial charge in [-0.25, -0.2) is 4.98 Å². The molecule has 1 aromatic rings. The molecular formula is C13H18N4O2. The first kappa shape index (κ1) is 12.5. The van der Waals surface area contributed by atoms with Gasteiger partial charge in [-0.3, -0.25) is 9.78 Å². The lowest BCUT2D eigenvalue weighted by Crippen LogP contribution is -2.49. The first-order valence-corrected chi connectivity index (χ1v) is 6.69. The van der Waals surface area contributed by atoms with E-state index in [1.807, 2.05) is 0 Å². The second-order valence-electron chi connectivity index (χ2n) is 5.21. The molecule has 3 rings (SSSR count). The monoisotopic (exact) mass is 262 g/mol. The molecule has 1 aromatic heterocycles. The van der Waals surface area contributed by atoms with Crippen LogP contribution in [-0.2, 0) is 4.74 Å². The van der Waals surface area contributed by atoms with E-state index in [-0.39, 0.29) is 17.6 Å². The van der Waals surface area contributed by atoms with E-state index in [0.29, 0.717) is 12.3 Å². The molecule has 19 heavy (non-hydrogen) atoms. The molecule has 3 heterocycles. The maximum absolute atomic E-state index is 12.0. The molecule has 2 saturated heterocycles. The molecule has 0 aromatic carbocycles. The van der Waals surface area contributed by atoms with Gasteiger partial charge in [-0.15, -0.1) is 0 Å². The Morgan fingerprint density at radius 2 is 2.47 bits per heavy atom. The highest BCUT2D eigenvalue weighted by Crippen LogP contribution is 2.30. The molecule has 2 aliphatic rings. The van der Waals surface area contributed by atoms with Crippen LogP contribution in [-0.4, -0.2) is 47.2 Å². The number of rotatable bonds is 2. The Balaban J connectivity index is 1.62. The molecule has 6 heteroatoms. The van der Waals surface area contributed by atoms with Crippen LogP contribution in [0.1, 0.15) is 29.8 Å². The van der Waals surface area contributed by atoms with Gasteiger partial charge in [0.25, 0.3) is 5.91 Å². The molecule has 1 amide bonds. The van der Waals surface area contributed by atoms with Crippen LogP contribution in [0.2, 0.25) is 0 Å². The zero-order valence-corrected chi connectivity index (χ0v) is 10.8. The zero-order valence-electron chi connectivity index (χ0n) is 10.8. The summed E-state index contributed by atoms with van der Waals surface area (Å²) in [6.45, 7) is 2.57. The molecule has 2 aliphatic heterocycles. The number of nitrogens with zero attached hydrogens (tertiary/aromatic N) is 2. The first-order valence-electron chi connectivity index (χ1n) is 6.69. The number of ether oxygens (including phenoxy) is 1. The fourth-order valence-corrected chi connectivity index (χ4v) is 2.84. The highest BCUT2D eigenvalue weighted by molar-refractivity contribution is 5.92. The van der Waals surface area contributed by atoms with E-state index in [4.69, 9.17) is 4.74 Å². The largest absolute Gasteiger partial charge is 0.373 e. The summed E-state index contributed by atoms with van der Waals surface area (Å²) in [4.78, 5) is 20.0. The van der Waals surface area contributed by atoms with Gasteiger partial charge in [-0.05, 0) is 25.8 Å². The van der Waals surface area contributed by atoms with Crippen molar-refractivity contribution in [2.45, 2.75) is 30.9 Å². The van der Waals surface area contributed by atoms with Crippen molar-refractivity contribution >= 4 is 5.91 Å². The molecular weight excluding hydrogens is 244 g/mol. The van der Waals surface area contributed by atoms with Gasteiger partial charge in [0.15, 0.2) is 0 Å². The third-order valence-electron chi connectivity index (χ3n) is 3.83. The summed E-state index contributed by atoms with van der Waals surface area (Å²) in [7, 11) is 0. The Bertz CT molecular complexity index is 445. The lowest BCUT2D eigenvalue weighted by Gasteiger charge is -2.37. The van der Waals surface area contributed by atoms with Gasteiger partial charge in [0.1, 0.15) is 5.69 Å². The summed E-state index contributed by atoms with van der Waals surface area (Å²) >= 11 is 0. The molecule has 2 fully saturated rings. The summed E-state index contributed by atoms with van der Waals surface area (Å²) in [5.41, 5.74) is 0.283. The predicted molar refractivity (Wildman–Crippen MR) is 68.7 cm³/mol. The summed E-state index contributed by atoms with van der Waals surface area (Å²) in [5, 5.41) is 6.37. The maximum Gasteiger partial charge on any atom is 0.271 e. The number of aromatic nitrogens is 2. The summed E-state index contributed by atoms with van der Waals surface area (Å²) in [6, 6.07) is 0.156. The normalized spacial score (nSPS) is 30.4. The van der Waals surface area contributed by atoms with Crippen LogP contribution in [0.5, 0.6) is 0 Å². The van der Waals surface area contributed by atoms with E-state index in [1.54, 1.807) is 6.20 Å². The Hall–Kier alpha value is -1.53. The first-order chi connectivity index (χ1) is 9.27. The number of hydrogen-bond donors (Lipinski definition) is 2. The van der Waals surface area contributed by atoms with E-state index in [0.717, 1.165) is 32.4 Å². The highest BCUT2D eigenvalue weighted by Gasteiger charge is 2.40. The van der Waals surface area contributed by atoms with Crippen LogP contribution in [0, 0.1) is 0 Å². The molecule has 2 atom stereocenters. The van der Waals surface area contributed by atoms with Crippen molar-refractivity contribution in [3.8, 4) is 0 Å². The fraction of sp³-hybridized carbons (Fsp3) is 0.615. The van der Waals surface area contributed by atoms with Crippen molar-refractivity contribution < 1.29 is 9.53 Å². The molecule has 0 radical (unpaired) electrons. The Morgan fingerprint density at radius 3 is 3.21 bits per heavy atom. The molecule has 2 N–H and O–H groups in total. The van der Waals surface area contributed by atoms with Crippen LogP contribution >= 0.6 is 0 Å². The van der Waals surface area contributed by atoms with Crippen LogP contribution in [0.25, 0.3) is 0 Å². The SMILES string of the molecule is O=C(N[C@H]1CCO[C@]2(CCNC2)C1)c1cnccn1. The Labute approximate surface area is 112 Å². The molecule has 6 nitrogen and oxygen atoms in total. The van der Waals surface area contributed by atoms with Gasteiger partial charge in [0, 0.05) is 31.6 Å². The highest BCUT2D eigenvalue weighted by atomic mass is 16.5. The van der Waals surface area contributed by atoms with Crippen molar-refractivity contribution in [2.75, 3.05) is 19.7 Å². The van der Waals surface area contributed by atoms with Crippen LogP contribution in [0.4, 0.5) is 0 Å². The van der Waals surface area contributed by atoms with E-state index in [9.17, 15) is 4.79 Å². The fourth-order valence-electron chi connectivity index (χ4n) is 2.84. The number of carbonyl (C=O) groups is 1. The summed E-state index contributed by atoms with van der Waals surface area (Å²) < 4.78 is 5.90. The molecule has 102 valence electrons. The average Bonchev–Trinajstić information content (AvgIpc) is 2.88. The van der Waals surface area contributed by atoms with E-state index in [2.05, 4.69) is 20.6 Å². The maximum atomic E-state index is 12.0. The predicted octanol–water partition coefficient (Wildman–Crippen LogP) is 0.118. The van der Waals surface area contributed by atoms with Gasteiger partial charge in [-0.1, -0.05) is 0 Å². The van der Waals surface area contributed by atoms with Gasteiger partial charge in [0.05, 0.1) is 11.8 Å². The van der Waals surface area contributed by atoms with Crippen molar-refractivity contribution in [3.05, 3.63) is 24.3 Å². The number of hydrogen-bond acceptors (Lipinski definition) is 5. The smallest absolute Gasteiger partial charge is 0.271 e. The number of nitrogens with one attached hydrogen (secondary N) is 2. The van der Waals surface area contributed by atoms with Gasteiger partial charge < -0.3 is 15.4 Å². The quantitative estimate of drug-likeness (QED) is 0.791. The van der Waals surface area contributed by atoms with Crippen molar-refractivity contribution in [2.24, 2.45) is 0 Å². The standard InChI is InChI=1S/C13H18N4O2/c18-12(11-8-14-4-5-16-11)17-10-1-6-19-13(7-10)2-3-15-9-13/h4-5,8,10,15H,1-3,6-7,9H2,(H,17,18)/t10-,13+/m0/s1. The number of carbonyl (C=O) groups excluding carboxylic acids is 1. The molecule has 0 saturated carbocycles. The molecule has 1 spiro atoms. The minimum absolute atomic E-state index is 0.0848. The van der Waals surface area contributed by atoms with E-state index < -0.39 is 0 Å². The van der Waals surface area contributed by atoms with Crippen LogP contribution in [0.15, 0.2) is 18.6 Å². The molecule has 0 unspecified atom stereocenters.